The number of carboxylic acid groups (broad SMARTS) is 1. The highest BCUT2D eigenvalue weighted by Gasteiger charge is 2.30. The van der Waals surface area contributed by atoms with Gasteiger partial charge < -0.3 is 20.1 Å². The number of aromatic amines is 1. The molecule has 1 heterocycles. The van der Waals surface area contributed by atoms with E-state index in [0.29, 0.717) is 16.5 Å². The predicted molar refractivity (Wildman–Crippen MR) is 122 cm³/mol. The highest BCUT2D eigenvalue weighted by atomic mass is 19.1. The van der Waals surface area contributed by atoms with Crippen LogP contribution in [0.25, 0.3) is 22.0 Å². The molecule has 7 heteroatoms. The third-order valence-electron chi connectivity index (χ3n) is 6.09. The van der Waals surface area contributed by atoms with Gasteiger partial charge in [0.1, 0.15) is 18.5 Å². The Bertz CT molecular complexity index is 1320. The third-order valence-corrected chi connectivity index (χ3v) is 6.09. The molecular weight excluding hydrogens is 423 g/mol. The smallest absolute Gasteiger partial charge is 0.407 e. The monoisotopic (exact) mass is 444 g/mol. The van der Waals surface area contributed by atoms with Gasteiger partial charge in [0.2, 0.25) is 0 Å². The van der Waals surface area contributed by atoms with Crippen molar-refractivity contribution in [3.05, 3.63) is 95.4 Å². The molecule has 1 aromatic heterocycles. The van der Waals surface area contributed by atoms with E-state index >= 15 is 0 Å². The molecule has 4 aromatic rings. The van der Waals surface area contributed by atoms with Crippen LogP contribution in [0, 0.1) is 5.82 Å². The molecule has 0 bridgehead atoms. The Morgan fingerprint density at radius 2 is 1.67 bits per heavy atom. The number of nitrogens with one attached hydrogen (secondary N) is 2. The van der Waals surface area contributed by atoms with Gasteiger partial charge in [0.05, 0.1) is 0 Å². The molecule has 0 spiro atoms. The number of carbonyl (C=O) groups excluding carboxylic acids is 1. The van der Waals surface area contributed by atoms with Crippen molar-refractivity contribution >= 4 is 23.0 Å². The van der Waals surface area contributed by atoms with E-state index in [2.05, 4.69) is 10.3 Å². The zero-order chi connectivity index (χ0) is 22.9. The molecule has 3 N–H and O–H groups in total. The van der Waals surface area contributed by atoms with Crippen LogP contribution >= 0.6 is 0 Å². The van der Waals surface area contributed by atoms with Gasteiger partial charge in [-0.2, -0.15) is 0 Å². The number of hydrogen-bond donors (Lipinski definition) is 3. The highest BCUT2D eigenvalue weighted by molar-refractivity contribution is 5.86. The van der Waals surface area contributed by atoms with Crippen LogP contribution in [0.15, 0.2) is 72.9 Å². The molecule has 33 heavy (non-hydrogen) atoms. The number of carboxylic acids is 1. The SMILES string of the molecule is O=C(NC(Cc1c[nH]c2cccc(F)c12)C(=O)O)OCC1c2ccccc2-c2ccccc21. The fourth-order valence-electron chi connectivity index (χ4n) is 4.57. The summed E-state index contributed by atoms with van der Waals surface area (Å²) in [5.41, 5.74) is 5.37. The Morgan fingerprint density at radius 1 is 1.00 bits per heavy atom. The van der Waals surface area contributed by atoms with Gasteiger partial charge in [0.15, 0.2) is 0 Å². The van der Waals surface area contributed by atoms with Gasteiger partial charge in [-0.15, -0.1) is 0 Å². The first kappa shape index (κ1) is 20.8. The average molecular weight is 444 g/mol. The summed E-state index contributed by atoms with van der Waals surface area (Å²) in [5, 5.41) is 12.4. The van der Waals surface area contributed by atoms with E-state index in [4.69, 9.17) is 4.74 Å². The van der Waals surface area contributed by atoms with Crippen molar-refractivity contribution in [3.63, 3.8) is 0 Å². The van der Waals surface area contributed by atoms with Gasteiger partial charge >= 0.3 is 12.1 Å². The summed E-state index contributed by atoms with van der Waals surface area (Å²) in [5.74, 6) is -1.81. The standard InChI is InChI=1S/C26H21FN2O4/c27-21-10-5-11-22-24(21)15(13-28-22)12-23(25(30)31)29-26(32)33-14-20-18-8-3-1-6-16(18)17-7-2-4-9-19(17)20/h1-11,13,20,23,28H,12,14H2,(H,29,32)(H,30,31). The van der Waals surface area contributed by atoms with Crippen LogP contribution < -0.4 is 5.32 Å². The molecule has 1 atom stereocenters. The Balaban J connectivity index is 1.29. The molecule has 1 unspecified atom stereocenters. The van der Waals surface area contributed by atoms with Crippen LogP contribution in [0.4, 0.5) is 9.18 Å². The average Bonchev–Trinajstić information content (AvgIpc) is 3.37. The molecule has 1 aliphatic carbocycles. The zero-order valence-corrected chi connectivity index (χ0v) is 17.5. The molecule has 0 aliphatic heterocycles. The first-order chi connectivity index (χ1) is 16.0. The van der Waals surface area contributed by atoms with Crippen LogP contribution in [-0.2, 0) is 16.0 Å². The molecule has 0 radical (unpaired) electrons. The number of aliphatic carboxylic acids is 1. The third kappa shape index (κ3) is 3.82. The maximum Gasteiger partial charge on any atom is 0.407 e. The minimum absolute atomic E-state index is 0.0773. The minimum Gasteiger partial charge on any atom is -0.480 e. The number of ether oxygens (including phenoxy) is 1. The molecule has 5 rings (SSSR count). The largest absolute Gasteiger partial charge is 0.480 e. The second kappa shape index (κ2) is 8.43. The summed E-state index contributed by atoms with van der Waals surface area (Å²) in [6, 6.07) is 19.2. The first-order valence-corrected chi connectivity index (χ1v) is 10.6. The molecule has 0 saturated carbocycles. The predicted octanol–water partition coefficient (Wildman–Crippen LogP) is 4.84. The number of halogens is 1. The molecule has 6 nitrogen and oxygen atoms in total. The number of aromatic nitrogens is 1. The van der Waals surface area contributed by atoms with Crippen molar-refractivity contribution in [2.24, 2.45) is 0 Å². The fourth-order valence-corrected chi connectivity index (χ4v) is 4.57. The first-order valence-electron chi connectivity index (χ1n) is 10.6. The number of amides is 1. The summed E-state index contributed by atoms with van der Waals surface area (Å²) in [7, 11) is 0. The Hall–Kier alpha value is -4.13. The quantitative estimate of drug-likeness (QED) is 0.397. The zero-order valence-electron chi connectivity index (χ0n) is 17.5. The van der Waals surface area contributed by atoms with E-state index in [1.807, 2.05) is 48.5 Å². The van der Waals surface area contributed by atoms with Crippen molar-refractivity contribution < 1.29 is 23.8 Å². The molecule has 1 aliphatic rings. The van der Waals surface area contributed by atoms with E-state index in [0.717, 1.165) is 22.3 Å². The Morgan fingerprint density at radius 3 is 2.33 bits per heavy atom. The summed E-state index contributed by atoms with van der Waals surface area (Å²) in [4.78, 5) is 27.2. The van der Waals surface area contributed by atoms with Gasteiger partial charge in [0, 0.05) is 29.4 Å². The van der Waals surface area contributed by atoms with Gasteiger partial charge in [-0.25, -0.2) is 14.0 Å². The van der Waals surface area contributed by atoms with E-state index in [-0.39, 0.29) is 18.9 Å². The van der Waals surface area contributed by atoms with Gasteiger partial charge in [-0.05, 0) is 39.9 Å². The fraction of sp³-hybridized carbons (Fsp3) is 0.154. The lowest BCUT2D eigenvalue weighted by molar-refractivity contribution is -0.139. The topological polar surface area (TPSA) is 91.4 Å². The lowest BCUT2D eigenvalue weighted by Crippen LogP contribution is -2.42. The maximum atomic E-state index is 14.3. The van der Waals surface area contributed by atoms with Crippen LogP contribution in [0.2, 0.25) is 0 Å². The number of H-pyrrole nitrogens is 1. The van der Waals surface area contributed by atoms with Crippen molar-refractivity contribution in [1.82, 2.24) is 10.3 Å². The van der Waals surface area contributed by atoms with Gasteiger partial charge in [0.25, 0.3) is 0 Å². The van der Waals surface area contributed by atoms with Crippen molar-refractivity contribution in [2.75, 3.05) is 6.61 Å². The summed E-state index contributed by atoms with van der Waals surface area (Å²) >= 11 is 0. The number of rotatable bonds is 6. The van der Waals surface area contributed by atoms with Crippen LogP contribution in [0.1, 0.15) is 22.6 Å². The minimum atomic E-state index is -1.26. The van der Waals surface area contributed by atoms with Gasteiger partial charge in [-0.3, -0.25) is 0 Å². The molecule has 166 valence electrons. The Labute approximate surface area is 189 Å². The van der Waals surface area contributed by atoms with Crippen LogP contribution in [0.3, 0.4) is 0 Å². The molecule has 3 aromatic carbocycles. The van der Waals surface area contributed by atoms with E-state index in [1.54, 1.807) is 18.3 Å². The second-order valence-corrected chi connectivity index (χ2v) is 8.04. The van der Waals surface area contributed by atoms with E-state index in [1.165, 1.54) is 6.07 Å². The Kier molecular flexibility index (Phi) is 5.30. The number of alkyl carbamates (subject to hydrolysis) is 1. The molecule has 0 saturated heterocycles. The van der Waals surface area contributed by atoms with E-state index < -0.39 is 23.9 Å². The molecule has 0 fully saturated rings. The number of hydrogen-bond acceptors (Lipinski definition) is 3. The van der Waals surface area contributed by atoms with E-state index in [9.17, 15) is 19.1 Å². The summed E-state index contributed by atoms with van der Waals surface area (Å²) in [6.45, 7) is 0.0773. The molecular formula is C26H21FN2O4. The lowest BCUT2D eigenvalue weighted by atomic mass is 9.98. The van der Waals surface area contributed by atoms with Crippen molar-refractivity contribution in [2.45, 2.75) is 18.4 Å². The van der Waals surface area contributed by atoms with Gasteiger partial charge in [-0.1, -0.05) is 54.6 Å². The van der Waals surface area contributed by atoms with Crippen LogP contribution in [-0.4, -0.2) is 34.8 Å². The van der Waals surface area contributed by atoms with Crippen molar-refractivity contribution in [3.8, 4) is 11.1 Å². The lowest BCUT2D eigenvalue weighted by Gasteiger charge is -2.17. The number of carbonyl (C=O) groups is 2. The van der Waals surface area contributed by atoms with Crippen LogP contribution in [0.5, 0.6) is 0 Å². The second-order valence-electron chi connectivity index (χ2n) is 8.04. The summed E-state index contributed by atoms with van der Waals surface area (Å²) in [6.07, 6.45) is 0.647. The normalized spacial score (nSPS) is 13.4. The number of fused-ring (bicyclic) bond motifs is 4. The highest BCUT2D eigenvalue weighted by Crippen LogP contribution is 2.44. The van der Waals surface area contributed by atoms with Crippen molar-refractivity contribution in [1.29, 1.82) is 0 Å². The molecule has 1 amide bonds. The summed E-state index contributed by atoms with van der Waals surface area (Å²) < 4.78 is 19.7. The number of benzene rings is 3. The maximum absolute atomic E-state index is 14.3.